The maximum atomic E-state index is 5.72. The van der Waals surface area contributed by atoms with Crippen LogP contribution in [0.2, 0.25) is 0 Å². The second-order valence-corrected chi connectivity index (χ2v) is 4.34. The normalized spacial score (nSPS) is 15.6. The van der Waals surface area contributed by atoms with E-state index in [4.69, 9.17) is 15.2 Å². The number of rotatable bonds is 5. The Balaban J connectivity index is 1.88. The summed E-state index contributed by atoms with van der Waals surface area (Å²) in [6.45, 7) is 0.754. The third-order valence-corrected chi connectivity index (χ3v) is 3.20. The standard InChI is InChI=1S/C13H19NO2/c1-15-12-6-5-11(14)9-13(12)16-8-7-10-3-2-4-10/h5-6,9-10H,2-4,7-8,14H2,1H3. The van der Waals surface area contributed by atoms with Crippen LogP contribution in [0.15, 0.2) is 18.2 Å². The summed E-state index contributed by atoms with van der Waals surface area (Å²) in [4.78, 5) is 0. The van der Waals surface area contributed by atoms with Gasteiger partial charge in [0.15, 0.2) is 11.5 Å². The average molecular weight is 221 g/mol. The second-order valence-electron chi connectivity index (χ2n) is 4.34. The van der Waals surface area contributed by atoms with Gasteiger partial charge >= 0.3 is 0 Å². The van der Waals surface area contributed by atoms with Gasteiger partial charge in [-0.3, -0.25) is 0 Å². The van der Waals surface area contributed by atoms with Gasteiger partial charge in [0.2, 0.25) is 0 Å². The number of benzene rings is 1. The quantitative estimate of drug-likeness (QED) is 0.777. The minimum absolute atomic E-state index is 0.708. The van der Waals surface area contributed by atoms with Gasteiger partial charge in [-0.25, -0.2) is 0 Å². The molecule has 1 aromatic rings. The molecule has 3 nitrogen and oxygen atoms in total. The number of hydrogen-bond acceptors (Lipinski definition) is 3. The fourth-order valence-corrected chi connectivity index (χ4v) is 1.92. The topological polar surface area (TPSA) is 44.5 Å². The highest BCUT2D eigenvalue weighted by Gasteiger charge is 2.17. The molecule has 0 atom stereocenters. The Morgan fingerprint density at radius 3 is 2.75 bits per heavy atom. The van der Waals surface area contributed by atoms with Gasteiger partial charge in [-0.15, -0.1) is 0 Å². The Hall–Kier alpha value is -1.38. The molecule has 3 heteroatoms. The zero-order valence-electron chi connectivity index (χ0n) is 9.74. The summed E-state index contributed by atoms with van der Waals surface area (Å²) in [7, 11) is 1.64. The van der Waals surface area contributed by atoms with E-state index in [0.717, 1.165) is 30.4 Å². The van der Waals surface area contributed by atoms with Gasteiger partial charge in [-0.2, -0.15) is 0 Å². The molecule has 0 heterocycles. The van der Waals surface area contributed by atoms with Gasteiger partial charge < -0.3 is 15.2 Å². The van der Waals surface area contributed by atoms with Crippen LogP contribution in [0.25, 0.3) is 0 Å². The lowest BCUT2D eigenvalue weighted by atomic mass is 9.83. The first-order valence-corrected chi connectivity index (χ1v) is 5.86. The van der Waals surface area contributed by atoms with E-state index in [2.05, 4.69) is 0 Å². The molecule has 0 unspecified atom stereocenters. The number of nitrogens with two attached hydrogens (primary N) is 1. The van der Waals surface area contributed by atoms with E-state index >= 15 is 0 Å². The number of ether oxygens (including phenoxy) is 2. The van der Waals surface area contributed by atoms with Gasteiger partial charge in [-0.1, -0.05) is 19.3 Å². The molecule has 1 aromatic carbocycles. The lowest BCUT2D eigenvalue weighted by Crippen LogP contribution is -2.14. The van der Waals surface area contributed by atoms with Crippen LogP contribution in [0.5, 0.6) is 11.5 Å². The fraction of sp³-hybridized carbons (Fsp3) is 0.538. The molecule has 0 bridgehead atoms. The van der Waals surface area contributed by atoms with E-state index in [1.165, 1.54) is 19.3 Å². The van der Waals surface area contributed by atoms with E-state index in [0.29, 0.717) is 5.69 Å². The largest absolute Gasteiger partial charge is 0.493 e. The van der Waals surface area contributed by atoms with Crippen molar-refractivity contribution >= 4 is 5.69 Å². The molecule has 1 saturated carbocycles. The van der Waals surface area contributed by atoms with Crippen molar-refractivity contribution in [2.45, 2.75) is 25.7 Å². The molecule has 0 spiro atoms. The second kappa shape index (κ2) is 5.10. The van der Waals surface area contributed by atoms with Gasteiger partial charge in [0, 0.05) is 11.8 Å². The summed E-state index contributed by atoms with van der Waals surface area (Å²) < 4.78 is 10.9. The first-order valence-electron chi connectivity index (χ1n) is 5.86. The van der Waals surface area contributed by atoms with Crippen molar-refractivity contribution in [2.75, 3.05) is 19.5 Å². The maximum absolute atomic E-state index is 5.72. The third kappa shape index (κ3) is 2.60. The van der Waals surface area contributed by atoms with Crippen LogP contribution in [0.4, 0.5) is 5.69 Å². The Morgan fingerprint density at radius 1 is 1.31 bits per heavy atom. The molecule has 1 fully saturated rings. The Morgan fingerprint density at radius 2 is 2.12 bits per heavy atom. The van der Waals surface area contributed by atoms with Crippen LogP contribution in [0, 0.1) is 5.92 Å². The molecule has 1 aliphatic rings. The highest BCUT2D eigenvalue weighted by molar-refractivity contribution is 5.51. The first-order chi connectivity index (χ1) is 7.79. The molecule has 2 N–H and O–H groups in total. The van der Waals surface area contributed by atoms with Crippen molar-refractivity contribution in [2.24, 2.45) is 5.92 Å². The highest BCUT2D eigenvalue weighted by Crippen LogP contribution is 2.32. The predicted molar refractivity (Wildman–Crippen MR) is 64.9 cm³/mol. The van der Waals surface area contributed by atoms with Crippen molar-refractivity contribution in [1.82, 2.24) is 0 Å². The lowest BCUT2D eigenvalue weighted by molar-refractivity contribution is 0.216. The number of hydrogen-bond donors (Lipinski definition) is 1. The molecule has 1 aliphatic carbocycles. The Kier molecular flexibility index (Phi) is 3.54. The predicted octanol–water partition coefficient (Wildman–Crippen LogP) is 2.85. The molecular weight excluding hydrogens is 202 g/mol. The van der Waals surface area contributed by atoms with Crippen molar-refractivity contribution in [3.8, 4) is 11.5 Å². The van der Waals surface area contributed by atoms with Crippen LogP contribution in [0.1, 0.15) is 25.7 Å². The van der Waals surface area contributed by atoms with Crippen LogP contribution in [-0.4, -0.2) is 13.7 Å². The summed E-state index contributed by atoms with van der Waals surface area (Å²) in [6.07, 6.45) is 5.24. The summed E-state index contributed by atoms with van der Waals surface area (Å²) in [5, 5.41) is 0. The van der Waals surface area contributed by atoms with Crippen molar-refractivity contribution in [3.63, 3.8) is 0 Å². The van der Waals surface area contributed by atoms with E-state index in [-0.39, 0.29) is 0 Å². The van der Waals surface area contributed by atoms with Gasteiger partial charge in [0.05, 0.1) is 13.7 Å². The molecule has 2 rings (SSSR count). The van der Waals surface area contributed by atoms with Crippen LogP contribution in [0.3, 0.4) is 0 Å². The molecule has 16 heavy (non-hydrogen) atoms. The highest BCUT2D eigenvalue weighted by atomic mass is 16.5. The summed E-state index contributed by atoms with van der Waals surface area (Å²) in [6, 6.07) is 5.48. The zero-order chi connectivity index (χ0) is 11.4. The number of methoxy groups -OCH3 is 1. The number of nitrogen functional groups attached to an aromatic ring is 1. The smallest absolute Gasteiger partial charge is 0.163 e. The van der Waals surface area contributed by atoms with E-state index in [9.17, 15) is 0 Å². The molecule has 0 amide bonds. The molecule has 0 radical (unpaired) electrons. The zero-order valence-corrected chi connectivity index (χ0v) is 9.74. The van der Waals surface area contributed by atoms with Crippen LogP contribution >= 0.6 is 0 Å². The minimum atomic E-state index is 0.708. The van der Waals surface area contributed by atoms with Gasteiger partial charge in [-0.05, 0) is 24.5 Å². The Bertz CT molecular complexity index is 348. The Labute approximate surface area is 96.5 Å². The molecular formula is C13H19NO2. The van der Waals surface area contributed by atoms with Crippen molar-refractivity contribution in [3.05, 3.63) is 18.2 Å². The first kappa shape index (κ1) is 11.1. The van der Waals surface area contributed by atoms with E-state index in [1.54, 1.807) is 7.11 Å². The number of anilines is 1. The molecule has 0 aliphatic heterocycles. The average Bonchev–Trinajstić information content (AvgIpc) is 2.22. The van der Waals surface area contributed by atoms with E-state index < -0.39 is 0 Å². The molecule has 0 saturated heterocycles. The fourth-order valence-electron chi connectivity index (χ4n) is 1.92. The summed E-state index contributed by atoms with van der Waals surface area (Å²) >= 11 is 0. The van der Waals surface area contributed by atoms with Crippen molar-refractivity contribution < 1.29 is 9.47 Å². The summed E-state index contributed by atoms with van der Waals surface area (Å²) in [5.74, 6) is 2.37. The SMILES string of the molecule is COc1ccc(N)cc1OCCC1CCC1. The van der Waals surface area contributed by atoms with Gasteiger partial charge in [0.1, 0.15) is 0 Å². The van der Waals surface area contributed by atoms with Gasteiger partial charge in [0.25, 0.3) is 0 Å². The molecule has 88 valence electrons. The van der Waals surface area contributed by atoms with Crippen LogP contribution in [-0.2, 0) is 0 Å². The maximum Gasteiger partial charge on any atom is 0.163 e. The van der Waals surface area contributed by atoms with E-state index in [1.807, 2.05) is 18.2 Å². The lowest BCUT2D eigenvalue weighted by Gasteiger charge is -2.25. The monoisotopic (exact) mass is 221 g/mol. The third-order valence-electron chi connectivity index (χ3n) is 3.20. The van der Waals surface area contributed by atoms with Crippen LogP contribution < -0.4 is 15.2 Å². The minimum Gasteiger partial charge on any atom is -0.493 e. The molecule has 0 aromatic heterocycles. The summed E-state index contributed by atoms with van der Waals surface area (Å²) in [5.41, 5.74) is 6.42. The van der Waals surface area contributed by atoms with Crippen molar-refractivity contribution in [1.29, 1.82) is 0 Å².